The van der Waals surface area contributed by atoms with Gasteiger partial charge in [-0.15, -0.1) is 0 Å². The number of nitrogens with zero attached hydrogens (tertiary/aromatic N) is 1. The van der Waals surface area contributed by atoms with Gasteiger partial charge in [0.05, 0.1) is 4.90 Å². The lowest BCUT2D eigenvalue weighted by atomic mass is 9.98. The first-order valence-electron chi connectivity index (χ1n) is 7.76. The van der Waals surface area contributed by atoms with E-state index < -0.39 is 10.0 Å². The van der Waals surface area contributed by atoms with Gasteiger partial charge in [0.2, 0.25) is 10.0 Å². The summed E-state index contributed by atoms with van der Waals surface area (Å²) in [5, 5.41) is 3.47. The Hall–Kier alpha value is -0.910. The molecule has 0 amide bonds. The van der Waals surface area contributed by atoms with Crippen LogP contribution in [0, 0.1) is 11.8 Å². The van der Waals surface area contributed by atoms with Crippen molar-refractivity contribution < 1.29 is 8.42 Å². The number of rotatable bonds is 6. The van der Waals surface area contributed by atoms with Gasteiger partial charge in [0, 0.05) is 13.1 Å². The number of benzene rings is 1. The Morgan fingerprint density at radius 1 is 1.19 bits per heavy atom. The molecule has 1 aromatic rings. The van der Waals surface area contributed by atoms with Crippen molar-refractivity contribution in [2.75, 3.05) is 26.2 Å². The van der Waals surface area contributed by atoms with Crippen molar-refractivity contribution in [2.45, 2.75) is 31.6 Å². The van der Waals surface area contributed by atoms with Crippen LogP contribution in [0.4, 0.5) is 0 Å². The maximum absolute atomic E-state index is 12.5. The molecule has 0 aromatic heterocycles. The third-order valence-corrected chi connectivity index (χ3v) is 5.85. The molecule has 0 atom stereocenters. The van der Waals surface area contributed by atoms with E-state index in [2.05, 4.69) is 19.2 Å². The second-order valence-electron chi connectivity index (χ2n) is 6.21. The highest BCUT2D eigenvalue weighted by molar-refractivity contribution is 7.89. The Labute approximate surface area is 128 Å². The third kappa shape index (κ3) is 4.53. The average Bonchev–Trinajstić information content (AvgIpc) is 2.48. The van der Waals surface area contributed by atoms with Gasteiger partial charge < -0.3 is 5.32 Å². The monoisotopic (exact) mass is 310 g/mol. The summed E-state index contributed by atoms with van der Waals surface area (Å²) >= 11 is 0. The van der Waals surface area contributed by atoms with Crippen LogP contribution < -0.4 is 5.32 Å². The van der Waals surface area contributed by atoms with E-state index in [1.165, 1.54) is 0 Å². The molecule has 1 N–H and O–H groups in total. The summed E-state index contributed by atoms with van der Waals surface area (Å²) < 4.78 is 26.6. The second kappa shape index (κ2) is 7.38. The summed E-state index contributed by atoms with van der Waals surface area (Å²) in [5.41, 5.74) is 0. The van der Waals surface area contributed by atoms with Gasteiger partial charge in [-0.2, -0.15) is 4.31 Å². The van der Waals surface area contributed by atoms with Gasteiger partial charge in [-0.3, -0.25) is 0 Å². The molecule has 0 aliphatic carbocycles. The Morgan fingerprint density at radius 3 is 2.38 bits per heavy atom. The Kier molecular flexibility index (Phi) is 5.79. The Balaban J connectivity index is 1.86. The van der Waals surface area contributed by atoms with Crippen molar-refractivity contribution in [3.63, 3.8) is 0 Å². The second-order valence-corrected chi connectivity index (χ2v) is 8.15. The highest BCUT2D eigenvalue weighted by atomic mass is 32.2. The zero-order chi connectivity index (χ0) is 15.3. The average molecular weight is 310 g/mol. The fourth-order valence-electron chi connectivity index (χ4n) is 2.67. The number of piperidine rings is 1. The van der Waals surface area contributed by atoms with E-state index >= 15 is 0 Å². The van der Waals surface area contributed by atoms with Gasteiger partial charge in [-0.05, 0) is 49.9 Å². The molecule has 1 saturated heterocycles. The van der Waals surface area contributed by atoms with E-state index in [9.17, 15) is 8.42 Å². The summed E-state index contributed by atoms with van der Waals surface area (Å²) in [4.78, 5) is 0.404. The van der Waals surface area contributed by atoms with Crippen molar-refractivity contribution in [3.05, 3.63) is 30.3 Å². The van der Waals surface area contributed by atoms with Crippen LogP contribution in [0.5, 0.6) is 0 Å². The lowest BCUT2D eigenvalue weighted by molar-refractivity contribution is 0.265. The van der Waals surface area contributed by atoms with Crippen molar-refractivity contribution in [3.8, 4) is 0 Å². The van der Waals surface area contributed by atoms with Crippen molar-refractivity contribution in [2.24, 2.45) is 11.8 Å². The lowest BCUT2D eigenvalue weighted by Gasteiger charge is -2.31. The van der Waals surface area contributed by atoms with Gasteiger partial charge in [-0.1, -0.05) is 32.0 Å². The molecular formula is C16H26N2O2S. The van der Waals surface area contributed by atoms with Gasteiger partial charge >= 0.3 is 0 Å². The fraction of sp³-hybridized carbons (Fsp3) is 0.625. The van der Waals surface area contributed by atoms with Crippen LogP contribution in [-0.2, 0) is 10.0 Å². The topological polar surface area (TPSA) is 49.4 Å². The molecule has 1 aromatic carbocycles. The maximum atomic E-state index is 12.5. The molecular weight excluding hydrogens is 284 g/mol. The van der Waals surface area contributed by atoms with Gasteiger partial charge in [0.15, 0.2) is 0 Å². The van der Waals surface area contributed by atoms with Crippen LogP contribution >= 0.6 is 0 Å². The maximum Gasteiger partial charge on any atom is 0.243 e. The molecule has 1 fully saturated rings. The Bertz CT molecular complexity index is 520. The molecule has 0 radical (unpaired) electrons. The minimum absolute atomic E-state index is 0.404. The third-order valence-electron chi connectivity index (χ3n) is 3.94. The number of hydrogen-bond acceptors (Lipinski definition) is 3. The van der Waals surface area contributed by atoms with Gasteiger partial charge in [-0.25, -0.2) is 8.42 Å². The highest BCUT2D eigenvalue weighted by Crippen LogP contribution is 2.23. The zero-order valence-electron chi connectivity index (χ0n) is 13.0. The SMILES string of the molecule is CC(C)CNCC1CCN(S(=O)(=O)c2ccccc2)CC1. The largest absolute Gasteiger partial charge is 0.316 e. The summed E-state index contributed by atoms with van der Waals surface area (Å²) in [6.07, 6.45) is 1.88. The molecule has 0 bridgehead atoms. The van der Waals surface area contributed by atoms with Crippen LogP contribution in [0.1, 0.15) is 26.7 Å². The van der Waals surface area contributed by atoms with E-state index in [-0.39, 0.29) is 0 Å². The molecule has 118 valence electrons. The minimum Gasteiger partial charge on any atom is -0.316 e. The highest BCUT2D eigenvalue weighted by Gasteiger charge is 2.28. The van der Waals surface area contributed by atoms with Crippen molar-refractivity contribution >= 4 is 10.0 Å². The number of nitrogens with one attached hydrogen (secondary N) is 1. The summed E-state index contributed by atoms with van der Waals surface area (Å²) in [6.45, 7) is 7.68. The molecule has 1 heterocycles. The van der Waals surface area contributed by atoms with Crippen LogP contribution in [0.25, 0.3) is 0 Å². The molecule has 4 nitrogen and oxygen atoms in total. The molecule has 1 aliphatic rings. The van der Waals surface area contributed by atoms with E-state index in [0.717, 1.165) is 25.9 Å². The predicted octanol–water partition coefficient (Wildman–Crippen LogP) is 2.33. The van der Waals surface area contributed by atoms with Crippen LogP contribution in [0.3, 0.4) is 0 Å². The van der Waals surface area contributed by atoms with Crippen molar-refractivity contribution in [1.82, 2.24) is 9.62 Å². The van der Waals surface area contributed by atoms with Gasteiger partial charge in [0.25, 0.3) is 0 Å². The first-order chi connectivity index (χ1) is 10.00. The van der Waals surface area contributed by atoms with E-state index in [1.807, 2.05) is 6.07 Å². The molecule has 1 aliphatic heterocycles. The molecule has 21 heavy (non-hydrogen) atoms. The zero-order valence-corrected chi connectivity index (χ0v) is 13.8. The molecule has 0 saturated carbocycles. The quantitative estimate of drug-likeness (QED) is 0.877. The van der Waals surface area contributed by atoms with Crippen molar-refractivity contribution in [1.29, 1.82) is 0 Å². The molecule has 5 heteroatoms. The van der Waals surface area contributed by atoms with E-state index in [0.29, 0.717) is 29.8 Å². The number of hydrogen-bond donors (Lipinski definition) is 1. The summed E-state index contributed by atoms with van der Waals surface area (Å²) in [6, 6.07) is 8.73. The minimum atomic E-state index is -3.31. The molecule has 0 spiro atoms. The smallest absolute Gasteiger partial charge is 0.243 e. The number of sulfonamides is 1. The normalized spacial score (nSPS) is 18.2. The first-order valence-corrected chi connectivity index (χ1v) is 9.20. The van der Waals surface area contributed by atoms with Gasteiger partial charge in [0.1, 0.15) is 0 Å². The molecule has 2 rings (SSSR count). The fourth-order valence-corrected chi connectivity index (χ4v) is 4.16. The van der Waals surface area contributed by atoms with E-state index in [4.69, 9.17) is 0 Å². The lowest BCUT2D eigenvalue weighted by Crippen LogP contribution is -2.41. The van der Waals surface area contributed by atoms with E-state index in [1.54, 1.807) is 28.6 Å². The summed E-state index contributed by atoms with van der Waals surface area (Å²) in [5.74, 6) is 1.24. The standard InChI is InChI=1S/C16H26N2O2S/c1-14(2)12-17-13-15-8-10-18(11-9-15)21(19,20)16-6-4-3-5-7-16/h3-7,14-15,17H,8-13H2,1-2H3. The first kappa shape index (κ1) is 16.5. The molecule has 0 unspecified atom stereocenters. The van der Waals surface area contributed by atoms with Crippen LogP contribution in [-0.4, -0.2) is 38.9 Å². The van der Waals surface area contributed by atoms with Crippen LogP contribution in [0.2, 0.25) is 0 Å². The summed E-state index contributed by atoms with van der Waals surface area (Å²) in [7, 11) is -3.31. The predicted molar refractivity (Wildman–Crippen MR) is 85.6 cm³/mol. The Morgan fingerprint density at radius 2 is 1.81 bits per heavy atom. The van der Waals surface area contributed by atoms with Crippen LogP contribution in [0.15, 0.2) is 35.2 Å².